The highest BCUT2D eigenvalue weighted by Crippen LogP contribution is 2.30. The van der Waals surface area contributed by atoms with Gasteiger partial charge in [-0.15, -0.1) is 0 Å². The van der Waals surface area contributed by atoms with Crippen LogP contribution in [0.5, 0.6) is 5.75 Å². The topological polar surface area (TPSA) is 59.9 Å². The van der Waals surface area contributed by atoms with E-state index >= 15 is 0 Å². The Bertz CT molecular complexity index is 1090. The standard InChI is InChI=1S/C20H14BrFN4O/c21-17-8-14-11-24-20(25-16-3-1-2-15(22)9-16)26-18(14)10-19(17)27-12-13-4-6-23-7-5-13/h1-11H,12H2,(H,24,25,26). The number of fused-ring (bicyclic) bond motifs is 1. The summed E-state index contributed by atoms with van der Waals surface area (Å²) in [5.41, 5.74) is 2.32. The zero-order valence-corrected chi connectivity index (χ0v) is 15.6. The quantitative estimate of drug-likeness (QED) is 0.474. The number of nitrogens with one attached hydrogen (secondary N) is 1. The van der Waals surface area contributed by atoms with E-state index in [0.717, 1.165) is 20.9 Å². The van der Waals surface area contributed by atoms with Gasteiger partial charge in [-0.05, 0) is 57.9 Å². The summed E-state index contributed by atoms with van der Waals surface area (Å²) in [4.78, 5) is 12.8. The molecular weight excluding hydrogens is 411 g/mol. The van der Waals surface area contributed by atoms with E-state index in [4.69, 9.17) is 4.74 Å². The average molecular weight is 425 g/mol. The fraction of sp³-hybridized carbons (Fsp3) is 0.0500. The summed E-state index contributed by atoms with van der Waals surface area (Å²) in [7, 11) is 0. The molecule has 2 aromatic carbocycles. The van der Waals surface area contributed by atoms with Crippen LogP contribution in [-0.4, -0.2) is 15.0 Å². The van der Waals surface area contributed by atoms with Gasteiger partial charge >= 0.3 is 0 Å². The molecule has 27 heavy (non-hydrogen) atoms. The van der Waals surface area contributed by atoms with E-state index in [9.17, 15) is 4.39 Å². The van der Waals surface area contributed by atoms with Crippen molar-refractivity contribution in [2.45, 2.75) is 6.61 Å². The van der Waals surface area contributed by atoms with Crippen LogP contribution in [0, 0.1) is 5.82 Å². The largest absolute Gasteiger partial charge is 0.488 e. The van der Waals surface area contributed by atoms with E-state index in [-0.39, 0.29) is 5.82 Å². The Balaban J connectivity index is 1.59. The van der Waals surface area contributed by atoms with E-state index in [1.807, 2.05) is 24.3 Å². The van der Waals surface area contributed by atoms with Crippen molar-refractivity contribution in [1.29, 1.82) is 0 Å². The van der Waals surface area contributed by atoms with Crippen molar-refractivity contribution < 1.29 is 9.13 Å². The molecule has 134 valence electrons. The van der Waals surface area contributed by atoms with E-state index < -0.39 is 0 Å². The Hall–Kier alpha value is -3.06. The molecule has 5 nitrogen and oxygen atoms in total. The van der Waals surface area contributed by atoms with Gasteiger partial charge in [0.15, 0.2) is 0 Å². The van der Waals surface area contributed by atoms with Gasteiger partial charge < -0.3 is 10.1 Å². The van der Waals surface area contributed by atoms with Crippen molar-refractivity contribution in [2.75, 3.05) is 5.32 Å². The van der Waals surface area contributed by atoms with Gasteiger partial charge in [0.05, 0.1) is 9.99 Å². The number of aromatic nitrogens is 3. The molecule has 1 N–H and O–H groups in total. The predicted octanol–water partition coefficient (Wildman–Crippen LogP) is 5.25. The molecule has 0 fully saturated rings. The minimum Gasteiger partial charge on any atom is -0.488 e. The van der Waals surface area contributed by atoms with E-state index in [2.05, 4.69) is 36.2 Å². The molecule has 0 aliphatic rings. The van der Waals surface area contributed by atoms with Crippen LogP contribution in [0.25, 0.3) is 10.9 Å². The van der Waals surface area contributed by atoms with Gasteiger partial charge in [-0.3, -0.25) is 4.98 Å². The first-order valence-corrected chi connectivity index (χ1v) is 8.97. The van der Waals surface area contributed by atoms with Crippen molar-refractivity contribution >= 4 is 38.5 Å². The second kappa shape index (κ2) is 7.67. The van der Waals surface area contributed by atoms with Crippen molar-refractivity contribution in [2.24, 2.45) is 0 Å². The second-order valence-corrected chi connectivity index (χ2v) is 6.67. The van der Waals surface area contributed by atoms with Crippen molar-refractivity contribution in [3.63, 3.8) is 0 Å². The first kappa shape index (κ1) is 17.4. The molecule has 0 radical (unpaired) electrons. The summed E-state index contributed by atoms with van der Waals surface area (Å²) in [5, 5.41) is 3.87. The summed E-state index contributed by atoms with van der Waals surface area (Å²) in [6.45, 7) is 0.423. The first-order valence-electron chi connectivity index (χ1n) is 8.18. The van der Waals surface area contributed by atoms with Crippen LogP contribution in [0.3, 0.4) is 0 Å². The molecule has 0 amide bonds. The van der Waals surface area contributed by atoms with Crippen LogP contribution in [0.2, 0.25) is 0 Å². The fourth-order valence-corrected chi connectivity index (χ4v) is 3.01. The minimum atomic E-state index is -0.323. The molecule has 0 spiro atoms. The van der Waals surface area contributed by atoms with Crippen LogP contribution in [-0.2, 0) is 6.61 Å². The van der Waals surface area contributed by atoms with Gasteiger partial charge in [0.25, 0.3) is 0 Å². The van der Waals surface area contributed by atoms with Crippen molar-refractivity contribution in [3.05, 3.63) is 83.0 Å². The molecule has 7 heteroatoms. The van der Waals surface area contributed by atoms with Crippen LogP contribution in [0.15, 0.2) is 71.6 Å². The monoisotopic (exact) mass is 424 g/mol. The van der Waals surface area contributed by atoms with Gasteiger partial charge in [0.2, 0.25) is 5.95 Å². The molecule has 0 unspecified atom stereocenters. The smallest absolute Gasteiger partial charge is 0.227 e. The molecule has 2 heterocycles. The lowest BCUT2D eigenvalue weighted by Gasteiger charge is -2.10. The minimum absolute atomic E-state index is 0.323. The van der Waals surface area contributed by atoms with Crippen LogP contribution < -0.4 is 10.1 Å². The van der Waals surface area contributed by atoms with Gasteiger partial charge in [-0.25, -0.2) is 14.4 Å². The first-order chi connectivity index (χ1) is 13.2. The number of rotatable bonds is 5. The lowest BCUT2D eigenvalue weighted by molar-refractivity contribution is 0.304. The molecule has 0 atom stereocenters. The van der Waals surface area contributed by atoms with Gasteiger partial charge in [-0.2, -0.15) is 0 Å². The molecule has 4 rings (SSSR count). The zero-order valence-electron chi connectivity index (χ0n) is 14.1. The van der Waals surface area contributed by atoms with E-state index in [1.54, 1.807) is 30.7 Å². The highest BCUT2D eigenvalue weighted by molar-refractivity contribution is 9.10. The number of anilines is 2. The Morgan fingerprint density at radius 1 is 1.07 bits per heavy atom. The molecule has 0 aliphatic heterocycles. The molecule has 4 aromatic rings. The maximum Gasteiger partial charge on any atom is 0.227 e. The summed E-state index contributed by atoms with van der Waals surface area (Å²) < 4.78 is 20.1. The summed E-state index contributed by atoms with van der Waals surface area (Å²) in [6, 6.07) is 13.7. The van der Waals surface area contributed by atoms with Crippen LogP contribution in [0.4, 0.5) is 16.0 Å². The Morgan fingerprint density at radius 3 is 2.74 bits per heavy atom. The number of pyridine rings is 1. The van der Waals surface area contributed by atoms with Crippen molar-refractivity contribution in [3.8, 4) is 5.75 Å². The molecule has 0 saturated heterocycles. The van der Waals surface area contributed by atoms with Gasteiger partial charge in [0, 0.05) is 35.7 Å². The number of nitrogens with zero attached hydrogens (tertiary/aromatic N) is 3. The summed E-state index contributed by atoms with van der Waals surface area (Å²) >= 11 is 3.52. The lowest BCUT2D eigenvalue weighted by Crippen LogP contribution is -1.99. The normalized spacial score (nSPS) is 10.7. The number of hydrogen-bond donors (Lipinski definition) is 1. The second-order valence-electron chi connectivity index (χ2n) is 5.81. The van der Waals surface area contributed by atoms with Gasteiger partial charge in [0.1, 0.15) is 18.2 Å². The number of hydrogen-bond acceptors (Lipinski definition) is 5. The molecular formula is C20H14BrFN4O. The van der Waals surface area contributed by atoms with Crippen molar-refractivity contribution in [1.82, 2.24) is 15.0 Å². The predicted molar refractivity (Wildman–Crippen MR) is 105 cm³/mol. The fourth-order valence-electron chi connectivity index (χ4n) is 2.54. The van der Waals surface area contributed by atoms with E-state index in [1.165, 1.54) is 12.1 Å². The Kier molecular flexibility index (Phi) is 4.93. The summed E-state index contributed by atoms with van der Waals surface area (Å²) in [5.74, 6) is 0.738. The third-order valence-electron chi connectivity index (χ3n) is 3.86. The third kappa shape index (κ3) is 4.20. The Labute approximate surface area is 163 Å². The zero-order chi connectivity index (χ0) is 18.6. The molecule has 0 bridgehead atoms. The highest BCUT2D eigenvalue weighted by atomic mass is 79.9. The average Bonchev–Trinajstić information content (AvgIpc) is 2.67. The maximum absolute atomic E-state index is 13.3. The number of ether oxygens (including phenoxy) is 1. The number of halogens is 2. The lowest BCUT2D eigenvalue weighted by atomic mass is 10.2. The molecule has 2 aromatic heterocycles. The third-order valence-corrected chi connectivity index (χ3v) is 4.48. The highest BCUT2D eigenvalue weighted by Gasteiger charge is 2.08. The molecule has 0 saturated carbocycles. The van der Waals surface area contributed by atoms with Crippen LogP contribution in [0.1, 0.15) is 5.56 Å². The molecule has 0 aliphatic carbocycles. The van der Waals surface area contributed by atoms with Gasteiger partial charge in [-0.1, -0.05) is 6.07 Å². The Morgan fingerprint density at radius 2 is 1.93 bits per heavy atom. The summed E-state index contributed by atoms with van der Waals surface area (Å²) in [6.07, 6.45) is 5.17. The number of benzene rings is 2. The maximum atomic E-state index is 13.3. The SMILES string of the molecule is Fc1cccc(Nc2ncc3cc(Br)c(OCc4ccncc4)cc3n2)c1. The van der Waals surface area contributed by atoms with Crippen LogP contribution >= 0.6 is 15.9 Å². The van der Waals surface area contributed by atoms with E-state index in [0.29, 0.717) is 24.0 Å².